The van der Waals surface area contributed by atoms with E-state index in [4.69, 9.17) is 0 Å². The molecular weight excluding hydrogens is 246 g/mol. The molecule has 0 aliphatic carbocycles. The van der Waals surface area contributed by atoms with Crippen LogP contribution in [0.3, 0.4) is 0 Å². The number of piperidine rings is 1. The van der Waals surface area contributed by atoms with Gasteiger partial charge in [0, 0.05) is 31.9 Å². The highest BCUT2D eigenvalue weighted by atomic mass is 15.5. The average molecular weight is 269 g/mol. The molecule has 0 atom stereocenters. The molecule has 2 aliphatic rings. The number of hydrogen-bond acceptors (Lipinski definition) is 3. The highest BCUT2D eigenvalue weighted by Gasteiger charge is 2.20. The Bertz CT molecular complexity index is 458. The molecule has 106 valence electrons. The molecule has 2 heterocycles. The second-order valence-corrected chi connectivity index (χ2v) is 5.59. The van der Waals surface area contributed by atoms with E-state index in [0.717, 1.165) is 13.1 Å². The van der Waals surface area contributed by atoms with E-state index in [0.29, 0.717) is 6.04 Å². The Kier molecular flexibility index (Phi) is 4.51. The minimum atomic E-state index is 0.609. The van der Waals surface area contributed by atoms with Crippen molar-refractivity contribution in [2.24, 2.45) is 0 Å². The first kappa shape index (κ1) is 13.4. The van der Waals surface area contributed by atoms with Crippen molar-refractivity contribution in [3.63, 3.8) is 0 Å². The molecule has 0 spiro atoms. The largest absolute Gasteiger partial charge is 0.312 e. The van der Waals surface area contributed by atoms with Gasteiger partial charge in [0.15, 0.2) is 0 Å². The van der Waals surface area contributed by atoms with Gasteiger partial charge in [-0.25, -0.2) is 5.43 Å². The van der Waals surface area contributed by atoms with Gasteiger partial charge in [0.1, 0.15) is 0 Å². The summed E-state index contributed by atoms with van der Waals surface area (Å²) in [6, 6.07) is 11.4. The van der Waals surface area contributed by atoms with E-state index in [1.165, 1.54) is 31.5 Å². The van der Waals surface area contributed by atoms with E-state index >= 15 is 0 Å². The summed E-state index contributed by atoms with van der Waals surface area (Å²) in [6.07, 6.45) is 10.9. The molecule has 2 aliphatic heterocycles. The van der Waals surface area contributed by atoms with Crippen LogP contribution in [0.4, 0.5) is 0 Å². The lowest BCUT2D eigenvalue weighted by Crippen LogP contribution is -2.48. The number of nitrogens with one attached hydrogen (secondary N) is 1. The Labute approximate surface area is 121 Å². The fourth-order valence-corrected chi connectivity index (χ4v) is 2.86. The average Bonchev–Trinajstić information content (AvgIpc) is 2.51. The maximum absolute atomic E-state index is 3.61. The van der Waals surface area contributed by atoms with E-state index in [1.54, 1.807) is 0 Å². The van der Waals surface area contributed by atoms with Crippen LogP contribution in [0.15, 0.2) is 54.8 Å². The number of hydrogen-bond donors (Lipinski definition) is 1. The van der Waals surface area contributed by atoms with E-state index in [9.17, 15) is 0 Å². The van der Waals surface area contributed by atoms with E-state index < -0.39 is 0 Å². The van der Waals surface area contributed by atoms with Gasteiger partial charge in [-0.3, -0.25) is 4.90 Å². The normalized spacial score (nSPS) is 20.5. The van der Waals surface area contributed by atoms with Gasteiger partial charge >= 0.3 is 0 Å². The molecule has 0 bridgehead atoms. The predicted octanol–water partition coefficient (Wildman–Crippen LogP) is 2.54. The third-order valence-electron chi connectivity index (χ3n) is 4.00. The molecule has 3 nitrogen and oxygen atoms in total. The SMILES string of the molecule is C1=CCN(NC2CCN(Cc3ccccc3)CC2)C=C1. The fraction of sp³-hybridized carbons (Fsp3) is 0.412. The van der Waals surface area contributed by atoms with Crippen molar-refractivity contribution in [1.29, 1.82) is 0 Å². The van der Waals surface area contributed by atoms with E-state index in [-0.39, 0.29) is 0 Å². The molecule has 0 unspecified atom stereocenters. The van der Waals surface area contributed by atoms with E-state index in [2.05, 4.69) is 70.1 Å². The van der Waals surface area contributed by atoms with Gasteiger partial charge in [0.05, 0.1) is 6.54 Å². The van der Waals surface area contributed by atoms with Crippen molar-refractivity contribution >= 4 is 0 Å². The van der Waals surface area contributed by atoms with Crippen LogP contribution in [0, 0.1) is 0 Å². The summed E-state index contributed by atoms with van der Waals surface area (Å²) in [6.45, 7) is 4.42. The van der Waals surface area contributed by atoms with Crippen LogP contribution in [0.5, 0.6) is 0 Å². The van der Waals surface area contributed by atoms with Crippen molar-refractivity contribution in [3.8, 4) is 0 Å². The summed E-state index contributed by atoms with van der Waals surface area (Å²) in [7, 11) is 0. The second-order valence-electron chi connectivity index (χ2n) is 5.59. The molecule has 3 rings (SSSR count). The number of rotatable bonds is 4. The Morgan fingerprint density at radius 3 is 2.55 bits per heavy atom. The first-order valence-corrected chi connectivity index (χ1v) is 7.52. The molecule has 0 saturated carbocycles. The zero-order valence-corrected chi connectivity index (χ0v) is 11.9. The molecule has 0 aromatic heterocycles. The maximum Gasteiger partial charge on any atom is 0.0521 e. The smallest absolute Gasteiger partial charge is 0.0521 e. The highest BCUT2D eigenvalue weighted by molar-refractivity contribution is 5.14. The number of likely N-dealkylation sites (tertiary alicyclic amines) is 1. The molecule has 0 amide bonds. The zero-order valence-electron chi connectivity index (χ0n) is 11.9. The van der Waals surface area contributed by atoms with Crippen LogP contribution in [0.1, 0.15) is 18.4 Å². The lowest BCUT2D eigenvalue weighted by Gasteiger charge is -2.35. The second kappa shape index (κ2) is 6.73. The van der Waals surface area contributed by atoms with Crippen molar-refractivity contribution in [3.05, 3.63) is 60.3 Å². The topological polar surface area (TPSA) is 18.5 Å². The lowest BCUT2D eigenvalue weighted by atomic mass is 10.0. The quantitative estimate of drug-likeness (QED) is 0.906. The molecular formula is C17H23N3. The van der Waals surface area contributed by atoms with Gasteiger partial charge in [-0.2, -0.15) is 0 Å². The summed E-state index contributed by atoms with van der Waals surface area (Å²) in [5.74, 6) is 0. The van der Waals surface area contributed by atoms with Crippen LogP contribution in [-0.4, -0.2) is 35.6 Å². The van der Waals surface area contributed by atoms with Crippen molar-refractivity contribution < 1.29 is 0 Å². The van der Waals surface area contributed by atoms with Gasteiger partial charge in [0.2, 0.25) is 0 Å². The van der Waals surface area contributed by atoms with Gasteiger partial charge in [-0.1, -0.05) is 42.5 Å². The minimum Gasteiger partial charge on any atom is -0.312 e. The molecule has 1 aromatic carbocycles. The van der Waals surface area contributed by atoms with Crippen LogP contribution in [0.25, 0.3) is 0 Å². The van der Waals surface area contributed by atoms with Crippen LogP contribution in [-0.2, 0) is 6.54 Å². The predicted molar refractivity (Wildman–Crippen MR) is 82.9 cm³/mol. The Morgan fingerprint density at radius 1 is 1.05 bits per heavy atom. The van der Waals surface area contributed by atoms with Crippen LogP contribution >= 0.6 is 0 Å². The third kappa shape index (κ3) is 3.71. The summed E-state index contributed by atoms with van der Waals surface area (Å²) in [5, 5.41) is 2.19. The zero-order chi connectivity index (χ0) is 13.6. The number of nitrogens with zero attached hydrogens (tertiary/aromatic N) is 2. The van der Waals surface area contributed by atoms with Gasteiger partial charge < -0.3 is 5.01 Å². The molecule has 1 aromatic rings. The number of benzene rings is 1. The standard InChI is InChI=1S/C17H23N3/c1-3-7-16(8-4-1)15-19-13-9-17(10-14-19)18-20-11-5-2-6-12-20/h1-8,11,17-18H,9-10,12-15H2. The molecule has 1 saturated heterocycles. The Morgan fingerprint density at radius 2 is 1.85 bits per heavy atom. The van der Waals surface area contributed by atoms with Crippen LogP contribution in [0.2, 0.25) is 0 Å². The molecule has 20 heavy (non-hydrogen) atoms. The molecule has 1 N–H and O–H groups in total. The van der Waals surface area contributed by atoms with Crippen LogP contribution < -0.4 is 5.43 Å². The molecule has 0 radical (unpaired) electrons. The first-order valence-electron chi connectivity index (χ1n) is 7.52. The summed E-state index contributed by atoms with van der Waals surface area (Å²) >= 11 is 0. The third-order valence-corrected chi connectivity index (χ3v) is 4.00. The number of allylic oxidation sites excluding steroid dienone is 2. The summed E-state index contributed by atoms with van der Waals surface area (Å²) in [5.41, 5.74) is 5.03. The van der Waals surface area contributed by atoms with Gasteiger partial charge in [0.25, 0.3) is 0 Å². The fourth-order valence-electron chi connectivity index (χ4n) is 2.86. The number of hydrazine groups is 1. The Hall–Kier alpha value is -1.58. The maximum atomic E-state index is 3.61. The molecule has 1 fully saturated rings. The lowest BCUT2D eigenvalue weighted by molar-refractivity contribution is 0.146. The van der Waals surface area contributed by atoms with Crippen molar-refractivity contribution in [2.75, 3.05) is 19.6 Å². The van der Waals surface area contributed by atoms with Gasteiger partial charge in [-0.05, 0) is 24.5 Å². The Balaban J connectivity index is 1.43. The highest BCUT2D eigenvalue weighted by Crippen LogP contribution is 2.14. The minimum absolute atomic E-state index is 0.609. The van der Waals surface area contributed by atoms with Crippen molar-refractivity contribution in [2.45, 2.75) is 25.4 Å². The summed E-state index contributed by atoms with van der Waals surface area (Å²) in [4.78, 5) is 2.56. The summed E-state index contributed by atoms with van der Waals surface area (Å²) < 4.78 is 0. The van der Waals surface area contributed by atoms with E-state index in [1.807, 2.05) is 0 Å². The van der Waals surface area contributed by atoms with Gasteiger partial charge in [-0.15, -0.1) is 0 Å². The van der Waals surface area contributed by atoms with Crippen molar-refractivity contribution in [1.82, 2.24) is 15.3 Å². The monoisotopic (exact) mass is 269 g/mol. The first-order chi connectivity index (χ1) is 9.90. The molecule has 3 heteroatoms.